The fourth-order valence-electron chi connectivity index (χ4n) is 3.55. The van der Waals surface area contributed by atoms with Crippen molar-refractivity contribution in [2.24, 2.45) is 5.41 Å². The number of amides is 1. The van der Waals surface area contributed by atoms with Crippen LogP contribution in [-0.4, -0.2) is 19.1 Å². The zero-order valence-corrected chi connectivity index (χ0v) is 15.8. The van der Waals surface area contributed by atoms with Gasteiger partial charge in [0.2, 0.25) is 0 Å². The lowest BCUT2D eigenvalue weighted by molar-refractivity contribution is -0.137. The standard InChI is InChI=1S/C22H24F3NO2/c1-21(11-13-28-14-12-21)15-19(26-20(27)17-5-3-2-4-6-17)16-7-9-18(10-8-16)22(23,24)25/h2-10,19H,11-15H2,1H3,(H,26,27). The van der Waals surface area contributed by atoms with Crippen LogP contribution in [0.4, 0.5) is 13.2 Å². The Balaban J connectivity index is 1.84. The average Bonchev–Trinajstić information content (AvgIpc) is 2.68. The van der Waals surface area contributed by atoms with Crippen LogP contribution in [-0.2, 0) is 10.9 Å². The number of hydrogen-bond donors (Lipinski definition) is 1. The van der Waals surface area contributed by atoms with E-state index in [0.717, 1.165) is 25.0 Å². The molecule has 28 heavy (non-hydrogen) atoms. The molecule has 2 aromatic rings. The molecule has 2 aromatic carbocycles. The van der Waals surface area contributed by atoms with Crippen LogP contribution in [0.5, 0.6) is 0 Å². The van der Waals surface area contributed by atoms with Crippen molar-refractivity contribution in [3.05, 3.63) is 71.3 Å². The smallest absolute Gasteiger partial charge is 0.381 e. The number of nitrogens with one attached hydrogen (secondary N) is 1. The Labute approximate surface area is 162 Å². The SMILES string of the molecule is CC1(CC(NC(=O)c2ccccc2)c2ccc(C(F)(F)F)cc2)CCOCC1. The highest BCUT2D eigenvalue weighted by Gasteiger charge is 2.33. The highest BCUT2D eigenvalue weighted by Crippen LogP contribution is 2.39. The van der Waals surface area contributed by atoms with Crippen LogP contribution in [0.1, 0.15) is 53.7 Å². The van der Waals surface area contributed by atoms with Crippen LogP contribution in [0.3, 0.4) is 0 Å². The number of hydrogen-bond acceptors (Lipinski definition) is 2. The molecule has 1 heterocycles. The summed E-state index contributed by atoms with van der Waals surface area (Å²) < 4.78 is 44.2. The van der Waals surface area contributed by atoms with Gasteiger partial charge in [0.25, 0.3) is 5.91 Å². The zero-order valence-electron chi connectivity index (χ0n) is 15.8. The first-order chi connectivity index (χ1) is 13.3. The Hall–Kier alpha value is -2.34. The second-order valence-electron chi connectivity index (χ2n) is 7.64. The third-order valence-corrected chi connectivity index (χ3v) is 5.38. The second-order valence-corrected chi connectivity index (χ2v) is 7.64. The molecule has 0 saturated carbocycles. The van der Waals surface area contributed by atoms with Crippen molar-refractivity contribution in [1.29, 1.82) is 0 Å². The van der Waals surface area contributed by atoms with E-state index in [-0.39, 0.29) is 17.4 Å². The predicted molar refractivity (Wildman–Crippen MR) is 101 cm³/mol. The summed E-state index contributed by atoms with van der Waals surface area (Å²) in [5.41, 5.74) is 0.457. The lowest BCUT2D eigenvalue weighted by atomic mass is 9.75. The highest BCUT2D eigenvalue weighted by atomic mass is 19.4. The molecular weight excluding hydrogens is 367 g/mol. The molecule has 0 bridgehead atoms. The molecular formula is C22H24F3NO2. The Morgan fingerprint density at radius 2 is 1.68 bits per heavy atom. The van der Waals surface area contributed by atoms with Crippen molar-refractivity contribution in [2.75, 3.05) is 13.2 Å². The Morgan fingerprint density at radius 1 is 1.07 bits per heavy atom. The molecule has 1 saturated heterocycles. The van der Waals surface area contributed by atoms with Crippen LogP contribution >= 0.6 is 0 Å². The highest BCUT2D eigenvalue weighted by molar-refractivity contribution is 5.94. The predicted octanol–water partition coefficient (Wildman–Crippen LogP) is 5.38. The summed E-state index contributed by atoms with van der Waals surface area (Å²) in [7, 11) is 0. The summed E-state index contributed by atoms with van der Waals surface area (Å²) in [4.78, 5) is 12.7. The van der Waals surface area contributed by atoms with Gasteiger partial charge in [0.1, 0.15) is 0 Å². The van der Waals surface area contributed by atoms with Gasteiger partial charge in [0.05, 0.1) is 11.6 Å². The Bertz CT molecular complexity index is 782. The number of benzene rings is 2. The van der Waals surface area contributed by atoms with E-state index in [4.69, 9.17) is 4.74 Å². The monoisotopic (exact) mass is 391 g/mol. The quantitative estimate of drug-likeness (QED) is 0.743. The summed E-state index contributed by atoms with van der Waals surface area (Å²) in [6.45, 7) is 3.45. The fraction of sp³-hybridized carbons (Fsp3) is 0.409. The Morgan fingerprint density at radius 3 is 2.25 bits per heavy atom. The van der Waals surface area contributed by atoms with Gasteiger partial charge in [-0.05, 0) is 54.5 Å². The van der Waals surface area contributed by atoms with E-state index in [1.807, 2.05) is 6.07 Å². The molecule has 0 aliphatic carbocycles. The number of ether oxygens (including phenoxy) is 1. The van der Waals surface area contributed by atoms with Gasteiger partial charge in [-0.1, -0.05) is 37.3 Å². The minimum Gasteiger partial charge on any atom is -0.381 e. The number of carbonyl (C=O) groups is 1. The van der Waals surface area contributed by atoms with Crippen molar-refractivity contribution < 1.29 is 22.7 Å². The minimum atomic E-state index is -4.38. The lowest BCUT2D eigenvalue weighted by Gasteiger charge is -2.37. The summed E-state index contributed by atoms with van der Waals surface area (Å²) in [5.74, 6) is -0.235. The summed E-state index contributed by atoms with van der Waals surface area (Å²) in [6, 6.07) is 13.5. The molecule has 0 spiro atoms. The van der Waals surface area contributed by atoms with E-state index in [2.05, 4.69) is 12.2 Å². The van der Waals surface area contributed by atoms with Gasteiger partial charge in [0.15, 0.2) is 0 Å². The molecule has 1 N–H and O–H groups in total. The second kappa shape index (κ2) is 8.35. The van der Waals surface area contributed by atoms with Gasteiger partial charge in [0, 0.05) is 18.8 Å². The molecule has 150 valence electrons. The topological polar surface area (TPSA) is 38.3 Å². The maximum Gasteiger partial charge on any atom is 0.416 e. The number of alkyl halides is 3. The first-order valence-corrected chi connectivity index (χ1v) is 9.38. The molecule has 3 rings (SSSR count). The number of halogens is 3. The van der Waals surface area contributed by atoms with Crippen LogP contribution < -0.4 is 5.32 Å². The first-order valence-electron chi connectivity index (χ1n) is 9.38. The maximum absolute atomic E-state index is 12.9. The van der Waals surface area contributed by atoms with Crippen LogP contribution in [0.2, 0.25) is 0 Å². The molecule has 1 unspecified atom stereocenters. The van der Waals surface area contributed by atoms with E-state index in [1.54, 1.807) is 24.3 Å². The van der Waals surface area contributed by atoms with Crippen molar-refractivity contribution in [1.82, 2.24) is 5.32 Å². The number of rotatable bonds is 5. The molecule has 0 radical (unpaired) electrons. The fourth-order valence-corrected chi connectivity index (χ4v) is 3.55. The lowest BCUT2D eigenvalue weighted by Crippen LogP contribution is -2.35. The summed E-state index contributed by atoms with van der Waals surface area (Å²) >= 11 is 0. The van der Waals surface area contributed by atoms with Gasteiger partial charge in [-0.15, -0.1) is 0 Å². The van der Waals surface area contributed by atoms with Gasteiger partial charge in [-0.2, -0.15) is 13.2 Å². The van der Waals surface area contributed by atoms with Crippen molar-refractivity contribution >= 4 is 5.91 Å². The van der Waals surface area contributed by atoms with Crippen molar-refractivity contribution in [3.63, 3.8) is 0 Å². The molecule has 1 atom stereocenters. The van der Waals surface area contributed by atoms with Gasteiger partial charge < -0.3 is 10.1 Å². The molecule has 1 aliphatic heterocycles. The number of carbonyl (C=O) groups excluding carboxylic acids is 1. The van der Waals surface area contributed by atoms with Crippen LogP contribution in [0.25, 0.3) is 0 Å². The van der Waals surface area contributed by atoms with Gasteiger partial charge in [-0.3, -0.25) is 4.79 Å². The molecule has 1 fully saturated rings. The largest absolute Gasteiger partial charge is 0.416 e. The molecule has 0 aromatic heterocycles. The normalized spacial score (nSPS) is 17.7. The van der Waals surface area contributed by atoms with Crippen LogP contribution in [0.15, 0.2) is 54.6 Å². The van der Waals surface area contributed by atoms with Gasteiger partial charge >= 0.3 is 6.18 Å². The van der Waals surface area contributed by atoms with Crippen LogP contribution in [0, 0.1) is 5.41 Å². The first kappa shape index (κ1) is 20.4. The third-order valence-electron chi connectivity index (χ3n) is 5.38. The molecule has 6 heteroatoms. The van der Waals surface area contributed by atoms with E-state index < -0.39 is 11.7 Å². The summed E-state index contributed by atoms with van der Waals surface area (Å²) in [6.07, 6.45) is -2.04. The van der Waals surface area contributed by atoms with E-state index in [0.29, 0.717) is 30.8 Å². The zero-order chi connectivity index (χ0) is 20.2. The third kappa shape index (κ3) is 5.13. The van der Waals surface area contributed by atoms with E-state index in [9.17, 15) is 18.0 Å². The average molecular weight is 391 g/mol. The Kier molecular flexibility index (Phi) is 6.08. The summed E-state index contributed by atoms with van der Waals surface area (Å²) in [5, 5.41) is 3.02. The van der Waals surface area contributed by atoms with E-state index >= 15 is 0 Å². The van der Waals surface area contributed by atoms with Crippen molar-refractivity contribution in [2.45, 2.75) is 38.4 Å². The molecule has 1 aliphatic rings. The van der Waals surface area contributed by atoms with Crippen molar-refractivity contribution in [3.8, 4) is 0 Å². The van der Waals surface area contributed by atoms with Gasteiger partial charge in [-0.25, -0.2) is 0 Å². The minimum absolute atomic E-state index is 0.0460. The molecule has 1 amide bonds. The molecule has 3 nitrogen and oxygen atoms in total. The maximum atomic E-state index is 12.9. The van der Waals surface area contributed by atoms with E-state index in [1.165, 1.54) is 12.1 Å².